The lowest BCUT2D eigenvalue weighted by Gasteiger charge is -2.54. The number of amides is 1. The Balaban J connectivity index is 1.45. The first-order chi connectivity index (χ1) is 18.2. The van der Waals surface area contributed by atoms with E-state index in [0.29, 0.717) is 5.69 Å². The van der Waals surface area contributed by atoms with Crippen molar-refractivity contribution in [1.29, 1.82) is 0 Å². The maximum atomic E-state index is 13.3. The van der Waals surface area contributed by atoms with Crippen molar-refractivity contribution >= 4 is 17.6 Å². The highest BCUT2D eigenvalue weighted by Gasteiger charge is 2.56. The Hall–Kier alpha value is -3.55. The molecule has 8 heteroatoms. The number of methoxy groups -OCH3 is 1. The van der Waals surface area contributed by atoms with Crippen molar-refractivity contribution in [2.75, 3.05) is 12.4 Å². The van der Waals surface area contributed by atoms with Gasteiger partial charge in [-0.05, 0) is 78.7 Å². The number of hydrogen-bond acceptors (Lipinski definition) is 6. The Morgan fingerprint density at radius 2 is 2.03 bits per heavy atom. The second kappa shape index (κ2) is 9.97. The van der Waals surface area contributed by atoms with Gasteiger partial charge < -0.3 is 10.1 Å². The van der Waals surface area contributed by atoms with Crippen molar-refractivity contribution in [1.82, 2.24) is 20.0 Å². The van der Waals surface area contributed by atoms with Crippen LogP contribution in [0.4, 0.5) is 5.69 Å². The number of esters is 1. The minimum atomic E-state index is -0.501. The molecule has 200 valence electrons. The molecule has 1 aromatic carbocycles. The summed E-state index contributed by atoms with van der Waals surface area (Å²) in [5.74, 6) is 0.190. The van der Waals surface area contributed by atoms with Gasteiger partial charge in [0.15, 0.2) is 0 Å². The van der Waals surface area contributed by atoms with E-state index >= 15 is 0 Å². The highest BCUT2D eigenvalue weighted by molar-refractivity contribution is 5.93. The van der Waals surface area contributed by atoms with E-state index in [1.54, 1.807) is 23.3 Å². The number of fused-ring (bicyclic) bond motifs is 3. The summed E-state index contributed by atoms with van der Waals surface area (Å²) < 4.78 is 6.83. The van der Waals surface area contributed by atoms with Crippen molar-refractivity contribution in [2.24, 2.45) is 11.3 Å². The van der Waals surface area contributed by atoms with Gasteiger partial charge >= 0.3 is 5.97 Å². The van der Waals surface area contributed by atoms with Crippen LogP contribution in [0.5, 0.6) is 0 Å². The highest BCUT2D eigenvalue weighted by atomic mass is 16.5. The van der Waals surface area contributed by atoms with Crippen LogP contribution in [0.25, 0.3) is 11.3 Å². The summed E-state index contributed by atoms with van der Waals surface area (Å²) in [6.07, 6.45) is 9.73. The van der Waals surface area contributed by atoms with Crippen molar-refractivity contribution in [3.63, 3.8) is 0 Å². The molecule has 8 nitrogen and oxygen atoms in total. The molecule has 2 heterocycles. The Kier molecular flexibility index (Phi) is 6.84. The van der Waals surface area contributed by atoms with Crippen molar-refractivity contribution < 1.29 is 14.3 Å². The minimum Gasteiger partial charge on any atom is -0.469 e. The molecule has 3 aromatic rings. The van der Waals surface area contributed by atoms with Crippen LogP contribution >= 0.6 is 0 Å². The van der Waals surface area contributed by atoms with Crippen LogP contribution in [0.1, 0.15) is 76.0 Å². The van der Waals surface area contributed by atoms with Gasteiger partial charge in [-0.15, -0.1) is 5.10 Å². The lowest BCUT2D eigenvalue weighted by Crippen LogP contribution is -2.52. The summed E-state index contributed by atoms with van der Waals surface area (Å²) in [4.78, 5) is 30.4. The second-order valence-electron chi connectivity index (χ2n) is 11.6. The number of ether oxygens (including phenoxy) is 1. The third-order valence-corrected chi connectivity index (χ3v) is 8.91. The Morgan fingerprint density at radius 1 is 1.21 bits per heavy atom. The number of nitrogens with zero attached hydrogens (tertiary/aromatic N) is 4. The van der Waals surface area contributed by atoms with Gasteiger partial charge in [-0.3, -0.25) is 14.6 Å². The lowest BCUT2D eigenvalue weighted by atomic mass is 9.49. The summed E-state index contributed by atoms with van der Waals surface area (Å²) >= 11 is 0. The second-order valence-corrected chi connectivity index (χ2v) is 11.6. The molecule has 0 aliphatic heterocycles. The molecule has 2 aromatic heterocycles. The van der Waals surface area contributed by atoms with Gasteiger partial charge in [0.05, 0.1) is 18.7 Å². The summed E-state index contributed by atoms with van der Waals surface area (Å²) in [5.41, 5.74) is 5.37. The number of benzene rings is 1. The molecule has 0 radical (unpaired) electrons. The van der Waals surface area contributed by atoms with E-state index in [4.69, 9.17) is 4.74 Å². The average molecular weight is 516 g/mol. The van der Waals surface area contributed by atoms with Gasteiger partial charge in [0.1, 0.15) is 12.2 Å². The largest absolute Gasteiger partial charge is 0.469 e. The predicted molar refractivity (Wildman–Crippen MR) is 146 cm³/mol. The normalized spacial score (nSPS) is 24.4. The molecule has 1 fully saturated rings. The average Bonchev–Trinajstić information content (AvgIpc) is 3.37. The van der Waals surface area contributed by atoms with Gasteiger partial charge in [-0.1, -0.05) is 44.5 Å². The molecule has 2 aliphatic carbocycles. The molecule has 1 amide bonds. The summed E-state index contributed by atoms with van der Waals surface area (Å²) in [7, 11) is 1.49. The van der Waals surface area contributed by atoms with Crippen LogP contribution in [0.15, 0.2) is 42.9 Å². The zero-order chi connectivity index (χ0) is 27.1. The molecular weight excluding hydrogens is 478 g/mol. The zero-order valence-electron chi connectivity index (χ0n) is 23.0. The van der Waals surface area contributed by atoms with Gasteiger partial charge in [0.2, 0.25) is 5.91 Å². The Labute approximate surface area is 224 Å². The fraction of sp³-hybridized carbons (Fsp3) is 0.500. The van der Waals surface area contributed by atoms with Crippen LogP contribution in [-0.2, 0) is 32.7 Å². The number of pyridine rings is 1. The SMILES string of the molecule is COC(=O)[C@]1(C)CCC[C@]2(C)c3ccc(C(C)C)c(NC(=O)Cn4cc(-c5cccnc5)nn4)c3CC[C@@H]12. The molecular formula is C30H37N5O3. The fourth-order valence-electron chi connectivity index (χ4n) is 7.04. The number of carbonyl (C=O) groups excluding carboxylic acids is 2. The highest BCUT2D eigenvalue weighted by Crippen LogP contribution is 2.58. The molecule has 0 saturated heterocycles. The van der Waals surface area contributed by atoms with E-state index in [0.717, 1.165) is 48.9 Å². The van der Waals surface area contributed by atoms with Crippen LogP contribution in [0.2, 0.25) is 0 Å². The number of carbonyl (C=O) groups is 2. The van der Waals surface area contributed by atoms with E-state index in [-0.39, 0.29) is 35.7 Å². The zero-order valence-corrected chi connectivity index (χ0v) is 23.0. The molecule has 0 bridgehead atoms. The fourth-order valence-corrected chi connectivity index (χ4v) is 7.04. The van der Waals surface area contributed by atoms with E-state index in [1.165, 1.54) is 18.2 Å². The molecule has 38 heavy (non-hydrogen) atoms. The van der Waals surface area contributed by atoms with E-state index < -0.39 is 5.41 Å². The van der Waals surface area contributed by atoms with Crippen molar-refractivity contribution in [3.8, 4) is 11.3 Å². The van der Waals surface area contributed by atoms with E-state index in [2.05, 4.69) is 60.4 Å². The smallest absolute Gasteiger partial charge is 0.311 e. The molecule has 0 unspecified atom stereocenters. The van der Waals surface area contributed by atoms with E-state index in [9.17, 15) is 9.59 Å². The number of anilines is 1. The topological polar surface area (TPSA) is 99.0 Å². The summed E-state index contributed by atoms with van der Waals surface area (Å²) in [5, 5.41) is 11.6. The Bertz CT molecular complexity index is 1350. The van der Waals surface area contributed by atoms with Gasteiger partial charge in [-0.25, -0.2) is 4.68 Å². The van der Waals surface area contributed by atoms with Gasteiger partial charge in [0, 0.05) is 23.6 Å². The van der Waals surface area contributed by atoms with Crippen molar-refractivity contribution in [3.05, 3.63) is 59.5 Å². The summed E-state index contributed by atoms with van der Waals surface area (Å²) in [6, 6.07) is 8.16. The number of aromatic nitrogens is 4. The molecule has 1 N–H and O–H groups in total. The molecule has 2 aliphatic rings. The molecule has 3 atom stereocenters. The molecule has 5 rings (SSSR count). The quantitative estimate of drug-likeness (QED) is 0.448. The number of rotatable bonds is 6. The monoisotopic (exact) mass is 515 g/mol. The van der Waals surface area contributed by atoms with Gasteiger partial charge in [-0.2, -0.15) is 0 Å². The standard InChI is InChI=1S/C30H37N5O3/c1-19(2)21-9-11-23-22(10-12-25-29(23,3)13-7-14-30(25,4)28(37)38-5)27(21)32-26(36)18-35-17-24(33-34-35)20-8-6-15-31-16-20/h6,8-9,11,15-17,19,25H,7,10,12-14,18H2,1-5H3,(H,32,36)/t25-,29-,30-/m1/s1. The third kappa shape index (κ3) is 4.40. The van der Waals surface area contributed by atoms with Gasteiger partial charge in [0.25, 0.3) is 0 Å². The first kappa shape index (κ1) is 26.1. The first-order valence-electron chi connectivity index (χ1n) is 13.5. The lowest BCUT2D eigenvalue weighted by molar-refractivity contribution is -0.161. The minimum absolute atomic E-state index is 0.0643. The predicted octanol–water partition coefficient (Wildman–Crippen LogP) is 5.29. The number of hydrogen-bond donors (Lipinski definition) is 1. The van der Waals surface area contributed by atoms with Crippen LogP contribution in [0.3, 0.4) is 0 Å². The Morgan fingerprint density at radius 3 is 2.74 bits per heavy atom. The van der Waals surface area contributed by atoms with Crippen molar-refractivity contribution in [2.45, 2.75) is 77.7 Å². The first-order valence-corrected chi connectivity index (χ1v) is 13.5. The van der Waals surface area contributed by atoms with E-state index in [1.807, 2.05) is 12.1 Å². The third-order valence-electron chi connectivity index (χ3n) is 8.91. The van der Waals surface area contributed by atoms with Crippen LogP contribution in [-0.4, -0.2) is 39.0 Å². The maximum absolute atomic E-state index is 13.3. The summed E-state index contributed by atoms with van der Waals surface area (Å²) in [6.45, 7) is 8.74. The number of nitrogens with one attached hydrogen (secondary N) is 1. The maximum Gasteiger partial charge on any atom is 0.311 e. The van der Waals surface area contributed by atoms with Crippen LogP contribution < -0.4 is 5.32 Å². The molecule has 1 saturated carbocycles. The van der Waals surface area contributed by atoms with Crippen LogP contribution in [0, 0.1) is 11.3 Å². The molecule has 0 spiro atoms.